The molecule has 3 heteroatoms. The first-order valence-electron chi connectivity index (χ1n) is 6.07. The van der Waals surface area contributed by atoms with Gasteiger partial charge in [0.15, 0.2) is 0 Å². The maximum Gasteiger partial charge on any atom is 0.222 e. The second-order valence-corrected chi connectivity index (χ2v) is 4.88. The van der Waals surface area contributed by atoms with E-state index in [2.05, 4.69) is 35.0 Å². The Bertz CT molecular complexity index is 365. The van der Waals surface area contributed by atoms with Crippen molar-refractivity contribution in [1.29, 1.82) is 0 Å². The number of rotatable bonds is 6. The van der Waals surface area contributed by atoms with Crippen LogP contribution < -0.4 is 0 Å². The molecule has 0 unspecified atom stereocenters. The molecule has 0 radical (unpaired) electrons. The Labute approximate surface area is 112 Å². The summed E-state index contributed by atoms with van der Waals surface area (Å²) in [5.41, 5.74) is 2.54. The van der Waals surface area contributed by atoms with Gasteiger partial charge in [-0.25, -0.2) is 0 Å². The fourth-order valence-corrected chi connectivity index (χ4v) is 2.28. The second kappa shape index (κ2) is 7.49. The normalized spacial score (nSPS) is 10.3. The van der Waals surface area contributed by atoms with Gasteiger partial charge < -0.3 is 4.90 Å². The lowest BCUT2D eigenvalue weighted by atomic mass is 10.0. The lowest BCUT2D eigenvalue weighted by Crippen LogP contribution is -2.32. The van der Waals surface area contributed by atoms with Crippen LogP contribution in [-0.4, -0.2) is 29.2 Å². The predicted octanol–water partition coefficient (Wildman–Crippen LogP) is 3.17. The summed E-state index contributed by atoms with van der Waals surface area (Å²) in [6.07, 6.45) is 1.44. The molecule has 0 atom stereocenters. The summed E-state index contributed by atoms with van der Waals surface area (Å²) in [6, 6.07) is 8.26. The highest BCUT2D eigenvalue weighted by Crippen LogP contribution is 2.10. The number of hydrogen-bond donors (Lipinski definition) is 0. The number of nitrogens with zero attached hydrogens (tertiary/aromatic N) is 1. The molecule has 0 heterocycles. The van der Waals surface area contributed by atoms with Gasteiger partial charge in [-0.2, -0.15) is 0 Å². The average molecular weight is 298 g/mol. The summed E-state index contributed by atoms with van der Waals surface area (Å²) in [4.78, 5) is 13.8. The van der Waals surface area contributed by atoms with Crippen LogP contribution in [0.25, 0.3) is 0 Å². The molecule has 0 bridgehead atoms. The number of aryl methyl sites for hydroxylation is 2. The van der Waals surface area contributed by atoms with Gasteiger partial charge in [0, 0.05) is 24.8 Å². The highest BCUT2D eigenvalue weighted by molar-refractivity contribution is 9.09. The molecule has 0 saturated heterocycles. The van der Waals surface area contributed by atoms with Gasteiger partial charge in [0.25, 0.3) is 0 Å². The molecule has 0 spiro atoms. The lowest BCUT2D eigenvalue weighted by molar-refractivity contribution is -0.130. The van der Waals surface area contributed by atoms with Crippen molar-refractivity contribution in [2.24, 2.45) is 0 Å². The maximum atomic E-state index is 12.0. The predicted molar refractivity (Wildman–Crippen MR) is 75.5 cm³/mol. The molecule has 94 valence electrons. The minimum atomic E-state index is 0.246. The van der Waals surface area contributed by atoms with E-state index in [0.29, 0.717) is 6.42 Å². The van der Waals surface area contributed by atoms with Crippen molar-refractivity contribution in [2.45, 2.75) is 26.7 Å². The van der Waals surface area contributed by atoms with Gasteiger partial charge in [0.1, 0.15) is 0 Å². The maximum absolute atomic E-state index is 12.0. The van der Waals surface area contributed by atoms with Gasteiger partial charge in [-0.05, 0) is 31.4 Å². The van der Waals surface area contributed by atoms with Crippen LogP contribution in [0.4, 0.5) is 0 Å². The summed E-state index contributed by atoms with van der Waals surface area (Å²) < 4.78 is 0. The van der Waals surface area contributed by atoms with Gasteiger partial charge in [-0.15, -0.1) is 0 Å². The molecule has 0 fully saturated rings. The van der Waals surface area contributed by atoms with Crippen molar-refractivity contribution in [3.63, 3.8) is 0 Å². The lowest BCUT2D eigenvalue weighted by Gasteiger charge is -2.19. The number of halogens is 1. The highest BCUT2D eigenvalue weighted by atomic mass is 79.9. The van der Waals surface area contributed by atoms with E-state index in [-0.39, 0.29) is 5.91 Å². The van der Waals surface area contributed by atoms with Crippen LogP contribution in [0.15, 0.2) is 24.3 Å². The number of carbonyl (C=O) groups is 1. The zero-order valence-corrected chi connectivity index (χ0v) is 12.2. The molecule has 0 aliphatic rings. The Hall–Kier alpha value is -0.830. The molecule has 1 rings (SSSR count). The van der Waals surface area contributed by atoms with Crippen molar-refractivity contribution in [3.05, 3.63) is 35.4 Å². The Balaban J connectivity index is 2.50. The Kier molecular flexibility index (Phi) is 6.27. The molecule has 0 aromatic heterocycles. The smallest absolute Gasteiger partial charge is 0.222 e. The van der Waals surface area contributed by atoms with Gasteiger partial charge in [-0.3, -0.25) is 4.79 Å². The quantitative estimate of drug-likeness (QED) is 0.739. The zero-order chi connectivity index (χ0) is 12.7. The summed E-state index contributed by atoms with van der Waals surface area (Å²) in [5.74, 6) is 0.246. The van der Waals surface area contributed by atoms with E-state index < -0.39 is 0 Å². The fourth-order valence-electron chi connectivity index (χ4n) is 1.85. The minimum absolute atomic E-state index is 0.246. The number of hydrogen-bond acceptors (Lipinski definition) is 1. The van der Waals surface area contributed by atoms with E-state index in [4.69, 9.17) is 0 Å². The monoisotopic (exact) mass is 297 g/mol. The molecule has 1 amide bonds. The van der Waals surface area contributed by atoms with Gasteiger partial charge >= 0.3 is 0 Å². The molecular formula is C14H20BrNO. The van der Waals surface area contributed by atoms with Crippen LogP contribution in [0.5, 0.6) is 0 Å². The third-order valence-electron chi connectivity index (χ3n) is 2.96. The van der Waals surface area contributed by atoms with Crippen LogP contribution in [0, 0.1) is 6.92 Å². The molecular weight excluding hydrogens is 278 g/mol. The molecule has 0 N–H and O–H groups in total. The van der Waals surface area contributed by atoms with Crippen molar-refractivity contribution in [3.8, 4) is 0 Å². The van der Waals surface area contributed by atoms with Crippen LogP contribution >= 0.6 is 15.9 Å². The number of alkyl halides is 1. The molecule has 0 aliphatic heterocycles. The van der Waals surface area contributed by atoms with E-state index >= 15 is 0 Å². The van der Waals surface area contributed by atoms with Crippen molar-refractivity contribution >= 4 is 21.8 Å². The minimum Gasteiger partial charge on any atom is -0.342 e. The SMILES string of the molecule is CCN(CCBr)C(=O)CCc1ccccc1C. The van der Waals surface area contributed by atoms with Gasteiger partial charge in [0.2, 0.25) is 5.91 Å². The molecule has 2 nitrogen and oxygen atoms in total. The van der Waals surface area contributed by atoms with Crippen LogP contribution in [0.3, 0.4) is 0 Å². The molecule has 0 saturated carbocycles. The Morgan fingerprint density at radius 3 is 2.65 bits per heavy atom. The molecule has 17 heavy (non-hydrogen) atoms. The highest BCUT2D eigenvalue weighted by Gasteiger charge is 2.10. The van der Waals surface area contributed by atoms with Gasteiger partial charge in [-0.1, -0.05) is 40.2 Å². The van der Waals surface area contributed by atoms with E-state index in [9.17, 15) is 4.79 Å². The first kappa shape index (κ1) is 14.2. The van der Waals surface area contributed by atoms with E-state index in [1.54, 1.807) is 0 Å². The van der Waals surface area contributed by atoms with Crippen molar-refractivity contribution in [1.82, 2.24) is 4.90 Å². The molecule has 1 aromatic carbocycles. The average Bonchev–Trinajstić information content (AvgIpc) is 2.34. The summed E-state index contributed by atoms with van der Waals surface area (Å²) >= 11 is 3.37. The van der Waals surface area contributed by atoms with Crippen LogP contribution in [-0.2, 0) is 11.2 Å². The summed E-state index contributed by atoms with van der Waals surface area (Å²) in [7, 11) is 0. The second-order valence-electron chi connectivity index (χ2n) is 4.09. The number of carbonyl (C=O) groups excluding carboxylic acids is 1. The summed E-state index contributed by atoms with van der Waals surface area (Å²) in [6.45, 7) is 5.70. The van der Waals surface area contributed by atoms with E-state index in [1.807, 2.05) is 24.0 Å². The standard InChI is InChI=1S/C14H20BrNO/c1-3-16(11-10-15)14(17)9-8-13-7-5-4-6-12(13)2/h4-7H,3,8-11H2,1-2H3. The third kappa shape index (κ3) is 4.50. The first-order valence-corrected chi connectivity index (χ1v) is 7.19. The fraction of sp³-hybridized carbons (Fsp3) is 0.500. The van der Waals surface area contributed by atoms with E-state index in [0.717, 1.165) is 24.8 Å². The zero-order valence-electron chi connectivity index (χ0n) is 10.6. The molecule has 1 aromatic rings. The third-order valence-corrected chi connectivity index (χ3v) is 3.31. The number of amides is 1. The first-order chi connectivity index (χ1) is 8.19. The number of benzene rings is 1. The molecule has 0 aliphatic carbocycles. The van der Waals surface area contributed by atoms with Crippen molar-refractivity contribution in [2.75, 3.05) is 18.4 Å². The van der Waals surface area contributed by atoms with Crippen molar-refractivity contribution < 1.29 is 4.79 Å². The topological polar surface area (TPSA) is 20.3 Å². The van der Waals surface area contributed by atoms with E-state index in [1.165, 1.54) is 11.1 Å². The summed E-state index contributed by atoms with van der Waals surface area (Å²) in [5, 5.41) is 0.844. The Morgan fingerprint density at radius 2 is 2.06 bits per heavy atom. The van der Waals surface area contributed by atoms with Gasteiger partial charge in [0.05, 0.1) is 0 Å². The largest absolute Gasteiger partial charge is 0.342 e. The Morgan fingerprint density at radius 1 is 1.35 bits per heavy atom. The van der Waals surface area contributed by atoms with Crippen LogP contribution in [0.1, 0.15) is 24.5 Å². The van der Waals surface area contributed by atoms with Crippen LogP contribution in [0.2, 0.25) is 0 Å².